The topological polar surface area (TPSA) is 58.2 Å². The molecule has 2 rings (SSSR count). The number of hydrogen-bond acceptors (Lipinski definition) is 3. The largest absolute Gasteiger partial charge is 0.351 e. The monoisotopic (exact) mass is 352 g/mol. The van der Waals surface area contributed by atoms with Gasteiger partial charge < -0.3 is 10.6 Å². The van der Waals surface area contributed by atoms with Crippen molar-refractivity contribution in [2.45, 2.75) is 6.42 Å². The van der Waals surface area contributed by atoms with Crippen LogP contribution in [0.1, 0.15) is 16.8 Å². The van der Waals surface area contributed by atoms with Gasteiger partial charge in [0, 0.05) is 34.1 Å². The van der Waals surface area contributed by atoms with Gasteiger partial charge in [-0.3, -0.25) is 9.59 Å². The maximum atomic E-state index is 11.7. The maximum absolute atomic E-state index is 11.7. The van der Waals surface area contributed by atoms with Crippen molar-refractivity contribution in [2.24, 2.45) is 0 Å². The molecule has 2 aromatic rings. The molecule has 4 nitrogen and oxygen atoms in total. The third-order valence-electron chi connectivity index (χ3n) is 2.53. The number of halogens is 1. The molecule has 0 aliphatic heterocycles. The Bertz CT molecular complexity index is 599. The number of benzene rings is 1. The Balaban J connectivity index is 1.74. The van der Waals surface area contributed by atoms with E-state index >= 15 is 0 Å². The highest BCUT2D eigenvalue weighted by molar-refractivity contribution is 9.10. The van der Waals surface area contributed by atoms with E-state index in [4.69, 9.17) is 0 Å². The van der Waals surface area contributed by atoms with Gasteiger partial charge in [0.05, 0.1) is 0 Å². The van der Waals surface area contributed by atoms with Crippen molar-refractivity contribution in [3.8, 4) is 0 Å². The lowest BCUT2D eigenvalue weighted by Gasteiger charge is -2.06. The van der Waals surface area contributed by atoms with E-state index in [2.05, 4.69) is 26.6 Å². The molecule has 0 saturated carbocycles. The fourth-order valence-electron chi connectivity index (χ4n) is 1.58. The Morgan fingerprint density at radius 3 is 2.80 bits per heavy atom. The number of thiophene rings is 1. The smallest absolute Gasteiger partial charge is 0.252 e. The summed E-state index contributed by atoms with van der Waals surface area (Å²) in [6.07, 6.45) is 0.238. The minimum absolute atomic E-state index is 0.131. The Morgan fingerprint density at radius 2 is 2.10 bits per heavy atom. The lowest BCUT2D eigenvalue weighted by atomic mass is 10.3. The molecule has 1 aromatic carbocycles. The van der Waals surface area contributed by atoms with Crippen LogP contribution in [0.15, 0.2) is 45.6 Å². The first kappa shape index (κ1) is 14.7. The molecule has 0 aliphatic carbocycles. The SMILES string of the molecule is O=C(CCNC(=O)c1ccsc1)Nc1cccc(Br)c1. The summed E-state index contributed by atoms with van der Waals surface area (Å²) in [6.45, 7) is 0.314. The number of amides is 2. The molecule has 20 heavy (non-hydrogen) atoms. The summed E-state index contributed by atoms with van der Waals surface area (Å²) in [5, 5.41) is 9.10. The molecule has 0 saturated heterocycles. The van der Waals surface area contributed by atoms with E-state index in [-0.39, 0.29) is 18.2 Å². The normalized spacial score (nSPS) is 10.1. The number of carbonyl (C=O) groups excluding carboxylic acids is 2. The van der Waals surface area contributed by atoms with Gasteiger partial charge in [-0.25, -0.2) is 0 Å². The number of nitrogens with one attached hydrogen (secondary N) is 2. The second-order valence-corrected chi connectivity index (χ2v) is 5.77. The summed E-state index contributed by atoms with van der Waals surface area (Å²) >= 11 is 4.80. The Labute approximate surface area is 129 Å². The molecule has 6 heteroatoms. The van der Waals surface area contributed by atoms with Crippen LogP contribution in [0.3, 0.4) is 0 Å². The highest BCUT2D eigenvalue weighted by Gasteiger charge is 2.07. The average Bonchev–Trinajstić information content (AvgIpc) is 2.92. The maximum Gasteiger partial charge on any atom is 0.252 e. The fraction of sp³-hybridized carbons (Fsp3) is 0.143. The van der Waals surface area contributed by atoms with Crippen molar-refractivity contribution in [1.29, 1.82) is 0 Å². The van der Waals surface area contributed by atoms with Crippen LogP contribution in [0, 0.1) is 0 Å². The zero-order valence-corrected chi connectivity index (χ0v) is 13.0. The lowest BCUT2D eigenvalue weighted by Crippen LogP contribution is -2.27. The summed E-state index contributed by atoms with van der Waals surface area (Å²) in [7, 11) is 0. The number of anilines is 1. The van der Waals surface area contributed by atoms with Crippen LogP contribution in [0.25, 0.3) is 0 Å². The molecule has 0 radical (unpaired) electrons. The van der Waals surface area contributed by atoms with Gasteiger partial charge >= 0.3 is 0 Å². The third-order valence-corrected chi connectivity index (χ3v) is 3.71. The standard InChI is InChI=1S/C14H13BrN2O2S/c15-11-2-1-3-12(8-11)17-13(18)4-6-16-14(19)10-5-7-20-9-10/h1-3,5,7-9H,4,6H2,(H,16,19)(H,17,18). The van der Waals surface area contributed by atoms with Crippen LogP contribution in [-0.4, -0.2) is 18.4 Å². The second kappa shape index (κ2) is 7.21. The summed E-state index contributed by atoms with van der Waals surface area (Å²) in [4.78, 5) is 23.4. The predicted octanol–water partition coefficient (Wildman–Crippen LogP) is 3.27. The zero-order valence-electron chi connectivity index (χ0n) is 10.6. The van der Waals surface area contributed by atoms with E-state index in [0.717, 1.165) is 10.2 Å². The molecule has 1 heterocycles. The molecule has 0 atom stereocenters. The molecule has 0 aliphatic rings. The van der Waals surface area contributed by atoms with Crippen LogP contribution in [0.2, 0.25) is 0 Å². The van der Waals surface area contributed by atoms with Crippen LogP contribution >= 0.6 is 27.3 Å². The van der Waals surface area contributed by atoms with Gasteiger partial charge in [-0.1, -0.05) is 22.0 Å². The van der Waals surface area contributed by atoms with Gasteiger partial charge in [0.1, 0.15) is 0 Å². The van der Waals surface area contributed by atoms with Crippen molar-refractivity contribution in [2.75, 3.05) is 11.9 Å². The van der Waals surface area contributed by atoms with Crippen LogP contribution in [-0.2, 0) is 4.79 Å². The first-order valence-electron chi connectivity index (χ1n) is 6.01. The van der Waals surface area contributed by atoms with Crippen LogP contribution < -0.4 is 10.6 Å². The molecular formula is C14H13BrN2O2S. The van der Waals surface area contributed by atoms with Gasteiger partial charge in [-0.2, -0.15) is 11.3 Å². The van der Waals surface area contributed by atoms with Crippen molar-refractivity contribution in [3.63, 3.8) is 0 Å². The highest BCUT2D eigenvalue weighted by Crippen LogP contribution is 2.15. The molecule has 2 N–H and O–H groups in total. The van der Waals surface area contributed by atoms with Crippen LogP contribution in [0.5, 0.6) is 0 Å². The van der Waals surface area contributed by atoms with E-state index in [1.807, 2.05) is 29.6 Å². The quantitative estimate of drug-likeness (QED) is 0.867. The molecule has 104 valence electrons. The molecule has 0 fully saturated rings. The highest BCUT2D eigenvalue weighted by atomic mass is 79.9. The molecule has 0 bridgehead atoms. The third kappa shape index (κ3) is 4.47. The summed E-state index contributed by atoms with van der Waals surface area (Å²) < 4.78 is 0.904. The summed E-state index contributed by atoms with van der Waals surface area (Å²) in [6, 6.07) is 9.12. The van der Waals surface area contributed by atoms with Gasteiger partial charge in [-0.05, 0) is 29.6 Å². The first-order chi connectivity index (χ1) is 9.65. The van der Waals surface area contributed by atoms with E-state index in [0.29, 0.717) is 12.1 Å². The molecule has 2 amide bonds. The zero-order chi connectivity index (χ0) is 14.4. The number of carbonyl (C=O) groups is 2. The molecule has 0 spiro atoms. The Kier molecular flexibility index (Phi) is 5.31. The van der Waals surface area contributed by atoms with Gasteiger partial charge in [0.2, 0.25) is 5.91 Å². The predicted molar refractivity (Wildman–Crippen MR) is 84.0 cm³/mol. The summed E-state index contributed by atoms with van der Waals surface area (Å²) in [5.74, 6) is -0.282. The van der Waals surface area contributed by atoms with Gasteiger partial charge in [0.15, 0.2) is 0 Å². The van der Waals surface area contributed by atoms with E-state index in [1.54, 1.807) is 11.4 Å². The lowest BCUT2D eigenvalue weighted by molar-refractivity contribution is -0.116. The average molecular weight is 353 g/mol. The minimum Gasteiger partial charge on any atom is -0.351 e. The Morgan fingerprint density at radius 1 is 1.25 bits per heavy atom. The summed E-state index contributed by atoms with van der Waals surface area (Å²) in [5.41, 5.74) is 1.36. The molecule has 1 aromatic heterocycles. The molecular weight excluding hydrogens is 340 g/mol. The van der Waals surface area contributed by atoms with Gasteiger partial charge in [-0.15, -0.1) is 0 Å². The van der Waals surface area contributed by atoms with Gasteiger partial charge in [0.25, 0.3) is 5.91 Å². The van der Waals surface area contributed by atoms with Crippen molar-refractivity contribution >= 4 is 44.8 Å². The number of rotatable bonds is 5. The Hall–Kier alpha value is -1.66. The minimum atomic E-state index is -0.151. The van der Waals surface area contributed by atoms with Crippen LogP contribution in [0.4, 0.5) is 5.69 Å². The first-order valence-corrected chi connectivity index (χ1v) is 7.74. The van der Waals surface area contributed by atoms with Crippen molar-refractivity contribution in [1.82, 2.24) is 5.32 Å². The van der Waals surface area contributed by atoms with E-state index in [1.165, 1.54) is 11.3 Å². The second-order valence-electron chi connectivity index (χ2n) is 4.08. The molecule has 0 unspecified atom stereocenters. The van der Waals surface area contributed by atoms with Crippen molar-refractivity contribution < 1.29 is 9.59 Å². The van der Waals surface area contributed by atoms with Crippen molar-refractivity contribution in [3.05, 3.63) is 51.1 Å². The van der Waals surface area contributed by atoms with E-state index in [9.17, 15) is 9.59 Å². The van der Waals surface area contributed by atoms with E-state index < -0.39 is 0 Å². The fourth-order valence-corrected chi connectivity index (χ4v) is 2.61. The number of hydrogen-bond donors (Lipinski definition) is 2.